The molecule has 1 atom stereocenters. The second-order valence-electron chi connectivity index (χ2n) is 9.38. The molecule has 0 saturated heterocycles. The fourth-order valence-electron chi connectivity index (χ4n) is 3.98. The summed E-state index contributed by atoms with van der Waals surface area (Å²) in [5.41, 5.74) is 3.38. The molecule has 0 aromatic heterocycles. The quantitative estimate of drug-likeness (QED) is 0.118. The van der Waals surface area contributed by atoms with Crippen molar-refractivity contribution in [1.29, 1.82) is 0 Å². The number of thioether (sulfide) groups is 1. The van der Waals surface area contributed by atoms with E-state index < -0.39 is 11.8 Å². The monoisotopic (exact) mass is 661 g/mol. The Kier molecular flexibility index (Phi) is 11.0. The number of hydrogen-bond donors (Lipinski definition) is 3. The molecule has 6 nitrogen and oxygen atoms in total. The highest BCUT2D eigenvalue weighted by molar-refractivity contribution is 9.10. The Balaban J connectivity index is 1.51. The molecule has 214 valence electrons. The summed E-state index contributed by atoms with van der Waals surface area (Å²) in [6.45, 7) is 3.86. The highest BCUT2D eigenvalue weighted by Crippen LogP contribution is 2.30. The van der Waals surface area contributed by atoms with E-state index in [9.17, 15) is 14.4 Å². The maximum Gasteiger partial charge on any atom is 0.272 e. The van der Waals surface area contributed by atoms with Gasteiger partial charge in [0.15, 0.2) is 0 Å². The molecule has 0 radical (unpaired) electrons. The Morgan fingerprint density at radius 2 is 1.67 bits per heavy atom. The van der Waals surface area contributed by atoms with Gasteiger partial charge >= 0.3 is 0 Å². The average Bonchev–Trinajstić information content (AvgIpc) is 2.98. The number of rotatable bonds is 10. The second kappa shape index (κ2) is 14.9. The summed E-state index contributed by atoms with van der Waals surface area (Å²) in [7, 11) is 0. The summed E-state index contributed by atoms with van der Waals surface area (Å²) < 4.78 is 0.843. The minimum atomic E-state index is -0.484. The number of amides is 3. The molecule has 42 heavy (non-hydrogen) atoms. The predicted octanol–water partition coefficient (Wildman–Crippen LogP) is 8.33. The Morgan fingerprint density at radius 3 is 2.40 bits per heavy atom. The van der Waals surface area contributed by atoms with Crippen molar-refractivity contribution in [2.45, 2.75) is 30.4 Å². The Bertz CT molecular complexity index is 1630. The van der Waals surface area contributed by atoms with Crippen LogP contribution >= 0.6 is 39.3 Å². The molecule has 1 unspecified atom stereocenters. The van der Waals surface area contributed by atoms with Crippen molar-refractivity contribution in [2.24, 2.45) is 0 Å². The number of carbonyl (C=O) groups excluding carboxylic acids is 3. The number of hydrogen-bond acceptors (Lipinski definition) is 4. The summed E-state index contributed by atoms with van der Waals surface area (Å²) in [5.74, 6) is -1.02. The third-order valence-electron chi connectivity index (χ3n) is 6.18. The first-order chi connectivity index (χ1) is 20.2. The van der Waals surface area contributed by atoms with Crippen LogP contribution in [0.2, 0.25) is 5.02 Å². The van der Waals surface area contributed by atoms with E-state index >= 15 is 0 Å². The Labute approximate surface area is 263 Å². The molecular weight excluding hydrogens is 634 g/mol. The van der Waals surface area contributed by atoms with Crippen LogP contribution in [-0.4, -0.2) is 23.0 Å². The first-order valence-corrected chi connectivity index (χ1v) is 15.3. The van der Waals surface area contributed by atoms with E-state index in [1.807, 2.05) is 62.4 Å². The van der Waals surface area contributed by atoms with E-state index in [0.717, 1.165) is 20.5 Å². The van der Waals surface area contributed by atoms with Crippen molar-refractivity contribution in [3.8, 4) is 0 Å². The molecule has 0 saturated carbocycles. The van der Waals surface area contributed by atoms with Crippen molar-refractivity contribution in [3.63, 3.8) is 0 Å². The molecule has 0 heterocycles. The van der Waals surface area contributed by atoms with Gasteiger partial charge in [0.1, 0.15) is 5.70 Å². The van der Waals surface area contributed by atoms with Crippen molar-refractivity contribution in [3.05, 3.63) is 129 Å². The van der Waals surface area contributed by atoms with Crippen molar-refractivity contribution >= 4 is 74.5 Å². The lowest BCUT2D eigenvalue weighted by molar-refractivity contribution is -0.116. The van der Waals surface area contributed by atoms with Crippen LogP contribution < -0.4 is 16.0 Å². The molecule has 0 bridgehead atoms. The van der Waals surface area contributed by atoms with Crippen LogP contribution in [0, 0.1) is 6.92 Å². The lowest BCUT2D eigenvalue weighted by Gasteiger charge is -2.17. The molecule has 3 amide bonds. The van der Waals surface area contributed by atoms with E-state index in [0.29, 0.717) is 28.4 Å². The maximum atomic E-state index is 13.4. The lowest BCUT2D eigenvalue weighted by atomic mass is 10.1. The van der Waals surface area contributed by atoms with Crippen LogP contribution in [0.25, 0.3) is 6.08 Å². The largest absolute Gasteiger partial charge is 0.325 e. The van der Waals surface area contributed by atoms with E-state index in [4.69, 9.17) is 11.6 Å². The zero-order valence-electron chi connectivity index (χ0n) is 23.0. The zero-order chi connectivity index (χ0) is 30.1. The van der Waals surface area contributed by atoms with Crippen LogP contribution in [0.4, 0.5) is 11.4 Å². The fourth-order valence-corrected chi connectivity index (χ4v) is 5.58. The van der Waals surface area contributed by atoms with E-state index in [1.165, 1.54) is 11.8 Å². The number of carbonyl (C=O) groups is 3. The molecule has 0 aliphatic heterocycles. The summed E-state index contributed by atoms with van der Waals surface area (Å²) in [6.07, 6.45) is 2.21. The summed E-state index contributed by atoms with van der Waals surface area (Å²) in [6, 6.07) is 28.7. The summed E-state index contributed by atoms with van der Waals surface area (Å²) in [5, 5.41) is 8.80. The Hall–Kier alpha value is -3.85. The SMILES string of the molecule is CCC(Sc1cccc(NC(=O)/C(=C\c2cccc(Br)c2)NC(=O)c2ccccc2)c1)C(=O)Nc1cc(Cl)ccc1C. The van der Waals surface area contributed by atoms with Gasteiger partial charge in [-0.1, -0.05) is 76.9 Å². The average molecular weight is 663 g/mol. The number of benzene rings is 4. The highest BCUT2D eigenvalue weighted by atomic mass is 79.9. The standard InChI is InChI=1S/C33H29BrClN3O3S/c1-3-30(33(41)37-28-19-25(35)16-15-21(28)2)42-27-14-8-13-26(20-27)36-32(40)29(18-22-9-7-12-24(34)17-22)38-31(39)23-10-5-4-6-11-23/h4-20,30H,3H2,1-2H3,(H,36,40)(H,37,41)(H,38,39)/b29-18+. The number of nitrogens with one attached hydrogen (secondary N) is 3. The Morgan fingerprint density at radius 1 is 0.905 bits per heavy atom. The van der Waals surface area contributed by atoms with Crippen molar-refractivity contribution in [1.82, 2.24) is 5.32 Å². The van der Waals surface area contributed by atoms with Crippen LogP contribution in [0.15, 0.2) is 112 Å². The van der Waals surface area contributed by atoms with Gasteiger partial charge in [-0.05, 0) is 85.1 Å². The molecule has 0 spiro atoms. The topological polar surface area (TPSA) is 87.3 Å². The van der Waals surface area contributed by atoms with Gasteiger partial charge in [-0.25, -0.2) is 0 Å². The molecule has 4 aromatic rings. The molecular formula is C33H29BrClN3O3S. The fraction of sp³-hybridized carbons (Fsp3) is 0.121. The third kappa shape index (κ3) is 8.82. The third-order valence-corrected chi connectivity index (χ3v) is 8.27. The predicted molar refractivity (Wildman–Crippen MR) is 176 cm³/mol. The smallest absolute Gasteiger partial charge is 0.272 e. The molecule has 3 N–H and O–H groups in total. The van der Waals surface area contributed by atoms with Crippen LogP contribution in [-0.2, 0) is 9.59 Å². The zero-order valence-corrected chi connectivity index (χ0v) is 26.1. The second-order valence-corrected chi connectivity index (χ2v) is 12.0. The van der Waals surface area contributed by atoms with Gasteiger partial charge in [0.2, 0.25) is 5.91 Å². The van der Waals surface area contributed by atoms with Gasteiger partial charge in [0, 0.05) is 31.3 Å². The van der Waals surface area contributed by atoms with E-state index in [1.54, 1.807) is 54.6 Å². The normalized spacial score (nSPS) is 11.9. The molecule has 4 rings (SSSR count). The number of anilines is 2. The maximum absolute atomic E-state index is 13.4. The van der Waals surface area contributed by atoms with Gasteiger partial charge in [0.05, 0.1) is 5.25 Å². The van der Waals surface area contributed by atoms with E-state index in [2.05, 4.69) is 31.9 Å². The molecule has 0 aliphatic carbocycles. The highest BCUT2D eigenvalue weighted by Gasteiger charge is 2.20. The van der Waals surface area contributed by atoms with E-state index in [-0.39, 0.29) is 16.9 Å². The first kappa shape index (κ1) is 31.1. The number of aryl methyl sites for hydroxylation is 1. The minimum absolute atomic E-state index is 0.0858. The molecule has 0 fully saturated rings. The summed E-state index contributed by atoms with van der Waals surface area (Å²) >= 11 is 11.0. The number of halogens is 2. The minimum Gasteiger partial charge on any atom is -0.325 e. The van der Waals surface area contributed by atoms with Crippen LogP contribution in [0.1, 0.15) is 34.8 Å². The molecule has 4 aromatic carbocycles. The van der Waals surface area contributed by atoms with Crippen LogP contribution in [0.3, 0.4) is 0 Å². The van der Waals surface area contributed by atoms with Crippen molar-refractivity contribution < 1.29 is 14.4 Å². The van der Waals surface area contributed by atoms with Gasteiger partial charge < -0.3 is 16.0 Å². The molecule has 0 aliphatic rings. The van der Waals surface area contributed by atoms with Crippen molar-refractivity contribution in [2.75, 3.05) is 10.6 Å². The lowest BCUT2D eigenvalue weighted by Crippen LogP contribution is -2.30. The van der Waals surface area contributed by atoms with Gasteiger partial charge in [-0.15, -0.1) is 11.8 Å². The first-order valence-electron chi connectivity index (χ1n) is 13.2. The van der Waals surface area contributed by atoms with Crippen LogP contribution in [0.5, 0.6) is 0 Å². The van der Waals surface area contributed by atoms with Gasteiger partial charge in [-0.2, -0.15) is 0 Å². The summed E-state index contributed by atoms with van der Waals surface area (Å²) in [4.78, 5) is 40.3. The molecule has 9 heteroatoms. The van der Waals surface area contributed by atoms with Gasteiger partial charge in [-0.3, -0.25) is 14.4 Å². The van der Waals surface area contributed by atoms with Gasteiger partial charge in [0.25, 0.3) is 11.8 Å².